The van der Waals surface area contributed by atoms with E-state index < -0.39 is 0 Å². The molecule has 1 aliphatic heterocycles. The maximum absolute atomic E-state index is 5.00. The molecule has 3 heteroatoms. The van der Waals surface area contributed by atoms with Gasteiger partial charge in [-0.1, -0.05) is 0 Å². The molecule has 1 rings (SSSR count). The van der Waals surface area contributed by atoms with Gasteiger partial charge in [0.1, 0.15) is 6.10 Å². The van der Waals surface area contributed by atoms with Crippen LogP contribution in [0.15, 0.2) is 0 Å². The van der Waals surface area contributed by atoms with E-state index >= 15 is 0 Å². The standard InChI is InChI=1S/C5H10O3/c1-6-8-5-2-3-7-4-5/h5H,2-4H2,1H3. The van der Waals surface area contributed by atoms with Gasteiger partial charge < -0.3 is 4.74 Å². The summed E-state index contributed by atoms with van der Waals surface area (Å²) in [5.74, 6) is 0. The average molecular weight is 118 g/mol. The molecule has 1 saturated heterocycles. The number of rotatable bonds is 2. The summed E-state index contributed by atoms with van der Waals surface area (Å²) in [5, 5.41) is 0. The molecule has 1 unspecified atom stereocenters. The van der Waals surface area contributed by atoms with Gasteiger partial charge in [0.25, 0.3) is 0 Å². The molecule has 8 heavy (non-hydrogen) atoms. The highest BCUT2D eigenvalue weighted by Crippen LogP contribution is 2.06. The van der Waals surface area contributed by atoms with E-state index in [2.05, 4.69) is 4.89 Å². The van der Waals surface area contributed by atoms with E-state index in [1.165, 1.54) is 7.11 Å². The van der Waals surface area contributed by atoms with Gasteiger partial charge in [-0.2, -0.15) is 0 Å². The first-order valence-corrected chi connectivity index (χ1v) is 2.70. The summed E-state index contributed by atoms with van der Waals surface area (Å²) >= 11 is 0. The van der Waals surface area contributed by atoms with Crippen LogP contribution in [-0.2, 0) is 14.5 Å². The zero-order valence-corrected chi connectivity index (χ0v) is 4.92. The average Bonchev–Trinajstić information content (AvgIpc) is 2.19. The van der Waals surface area contributed by atoms with Gasteiger partial charge in [0.05, 0.1) is 13.7 Å². The molecule has 0 radical (unpaired) electrons. The summed E-state index contributed by atoms with van der Waals surface area (Å²) < 4.78 is 5.00. The number of hydrogen-bond donors (Lipinski definition) is 0. The third-order valence-electron chi connectivity index (χ3n) is 1.12. The molecule has 1 atom stereocenters. The second-order valence-corrected chi connectivity index (χ2v) is 1.75. The highest BCUT2D eigenvalue weighted by Gasteiger charge is 2.15. The van der Waals surface area contributed by atoms with Crippen molar-refractivity contribution in [2.75, 3.05) is 20.3 Å². The van der Waals surface area contributed by atoms with Gasteiger partial charge >= 0.3 is 0 Å². The van der Waals surface area contributed by atoms with Gasteiger partial charge in [-0.15, -0.1) is 0 Å². The molecule has 0 spiro atoms. The second kappa shape index (κ2) is 3.02. The third-order valence-corrected chi connectivity index (χ3v) is 1.12. The molecule has 0 aromatic rings. The van der Waals surface area contributed by atoms with E-state index in [0.717, 1.165) is 13.0 Å². The van der Waals surface area contributed by atoms with Crippen molar-refractivity contribution in [2.24, 2.45) is 0 Å². The molecule has 3 nitrogen and oxygen atoms in total. The van der Waals surface area contributed by atoms with Crippen LogP contribution in [0.2, 0.25) is 0 Å². The monoisotopic (exact) mass is 118 g/mol. The van der Waals surface area contributed by atoms with Crippen LogP contribution in [0.25, 0.3) is 0 Å². The topological polar surface area (TPSA) is 27.7 Å². The van der Waals surface area contributed by atoms with Gasteiger partial charge in [-0.25, -0.2) is 9.78 Å². The van der Waals surface area contributed by atoms with Crippen molar-refractivity contribution in [2.45, 2.75) is 12.5 Å². The fourth-order valence-corrected chi connectivity index (χ4v) is 0.725. The lowest BCUT2D eigenvalue weighted by molar-refractivity contribution is -0.302. The van der Waals surface area contributed by atoms with E-state index in [-0.39, 0.29) is 6.10 Å². The van der Waals surface area contributed by atoms with Crippen molar-refractivity contribution in [3.63, 3.8) is 0 Å². The van der Waals surface area contributed by atoms with Crippen molar-refractivity contribution in [3.05, 3.63) is 0 Å². The summed E-state index contributed by atoms with van der Waals surface area (Å²) in [5.41, 5.74) is 0. The molecule has 0 bridgehead atoms. The first-order valence-electron chi connectivity index (χ1n) is 2.70. The SMILES string of the molecule is COOC1CCOC1. The van der Waals surface area contributed by atoms with Crippen LogP contribution in [0.3, 0.4) is 0 Å². The van der Waals surface area contributed by atoms with Gasteiger partial charge in [0.15, 0.2) is 0 Å². The molecule has 1 aliphatic rings. The molecular weight excluding hydrogens is 108 g/mol. The zero-order chi connectivity index (χ0) is 5.82. The molecular formula is C5H10O3. The second-order valence-electron chi connectivity index (χ2n) is 1.75. The first-order chi connectivity index (χ1) is 3.93. The van der Waals surface area contributed by atoms with Crippen LogP contribution >= 0.6 is 0 Å². The summed E-state index contributed by atoms with van der Waals surface area (Å²) in [6.45, 7) is 1.47. The Morgan fingerprint density at radius 2 is 2.50 bits per heavy atom. The van der Waals surface area contributed by atoms with Crippen LogP contribution in [0, 0.1) is 0 Å². The van der Waals surface area contributed by atoms with E-state index in [4.69, 9.17) is 9.62 Å². The smallest absolute Gasteiger partial charge is 0.118 e. The van der Waals surface area contributed by atoms with Crippen molar-refractivity contribution in [1.82, 2.24) is 0 Å². The van der Waals surface area contributed by atoms with E-state index in [1.807, 2.05) is 0 Å². The predicted molar refractivity (Wildman–Crippen MR) is 27.3 cm³/mol. The molecule has 0 N–H and O–H groups in total. The Bertz CT molecular complexity index is 58.7. The lowest BCUT2D eigenvalue weighted by Crippen LogP contribution is -2.10. The molecule has 0 aromatic carbocycles. The fourth-order valence-electron chi connectivity index (χ4n) is 0.725. The van der Waals surface area contributed by atoms with Crippen molar-refractivity contribution >= 4 is 0 Å². The van der Waals surface area contributed by atoms with Crippen LogP contribution in [0.1, 0.15) is 6.42 Å². The highest BCUT2D eigenvalue weighted by molar-refractivity contribution is 4.60. The Kier molecular flexibility index (Phi) is 2.27. The summed E-state index contributed by atoms with van der Waals surface area (Å²) in [7, 11) is 1.51. The summed E-state index contributed by atoms with van der Waals surface area (Å²) in [6, 6.07) is 0. The molecule has 0 amide bonds. The van der Waals surface area contributed by atoms with E-state index in [0.29, 0.717) is 6.61 Å². The van der Waals surface area contributed by atoms with Gasteiger partial charge in [0.2, 0.25) is 0 Å². The summed E-state index contributed by atoms with van der Waals surface area (Å²) in [4.78, 5) is 9.22. The first kappa shape index (κ1) is 6.01. The molecule has 0 aromatic heterocycles. The fraction of sp³-hybridized carbons (Fsp3) is 1.00. The lowest BCUT2D eigenvalue weighted by Gasteiger charge is -2.02. The molecule has 0 aliphatic carbocycles. The van der Waals surface area contributed by atoms with Crippen molar-refractivity contribution < 1.29 is 14.5 Å². The molecule has 0 saturated carbocycles. The number of hydrogen-bond acceptors (Lipinski definition) is 3. The normalized spacial score (nSPS) is 28.9. The maximum atomic E-state index is 5.00. The van der Waals surface area contributed by atoms with Crippen LogP contribution < -0.4 is 0 Å². The van der Waals surface area contributed by atoms with Crippen LogP contribution in [-0.4, -0.2) is 26.4 Å². The van der Waals surface area contributed by atoms with Crippen molar-refractivity contribution in [1.29, 1.82) is 0 Å². The molecule has 1 fully saturated rings. The minimum Gasteiger partial charge on any atom is -0.379 e. The van der Waals surface area contributed by atoms with Crippen molar-refractivity contribution in [3.8, 4) is 0 Å². The van der Waals surface area contributed by atoms with E-state index in [1.54, 1.807) is 0 Å². The minimum absolute atomic E-state index is 0.167. The van der Waals surface area contributed by atoms with Crippen LogP contribution in [0.5, 0.6) is 0 Å². The third kappa shape index (κ3) is 1.43. The maximum Gasteiger partial charge on any atom is 0.118 e. The largest absolute Gasteiger partial charge is 0.379 e. The lowest BCUT2D eigenvalue weighted by atomic mass is 10.3. The van der Waals surface area contributed by atoms with E-state index in [9.17, 15) is 0 Å². The Hall–Kier alpha value is -0.120. The zero-order valence-electron chi connectivity index (χ0n) is 4.92. The quantitative estimate of drug-likeness (QED) is 0.387. The van der Waals surface area contributed by atoms with Gasteiger partial charge in [0, 0.05) is 13.0 Å². The van der Waals surface area contributed by atoms with Gasteiger partial charge in [-0.05, 0) is 0 Å². The Labute approximate surface area is 48.5 Å². The number of ether oxygens (including phenoxy) is 1. The highest BCUT2D eigenvalue weighted by atomic mass is 17.2. The summed E-state index contributed by atoms with van der Waals surface area (Å²) in [6.07, 6.45) is 1.12. The predicted octanol–water partition coefficient (Wildman–Crippen LogP) is 0.353. The molecule has 48 valence electrons. The van der Waals surface area contributed by atoms with Gasteiger partial charge in [-0.3, -0.25) is 0 Å². The van der Waals surface area contributed by atoms with Crippen LogP contribution in [0.4, 0.5) is 0 Å². The molecule has 1 heterocycles. The minimum atomic E-state index is 0.167. The Morgan fingerprint density at radius 3 is 3.00 bits per heavy atom. The Balaban J connectivity index is 2.06. The Morgan fingerprint density at radius 1 is 1.62 bits per heavy atom.